The van der Waals surface area contributed by atoms with Gasteiger partial charge in [-0.15, -0.1) is 0 Å². The third-order valence-corrected chi connectivity index (χ3v) is 1.75. The van der Waals surface area contributed by atoms with Gasteiger partial charge in [-0.05, 0) is 6.92 Å². The summed E-state index contributed by atoms with van der Waals surface area (Å²) < 4.78 is 0. The first-order chi connectivity index (χ1) is 6.68. The van der Waals surface area contributed by atoms with Crippen LogP contribution in [0.1, 0.15) is 18.4 Å². The summed E-state index contributed by atoms with van der Waals surface area (Å²) in [6.45, 7) is 5.60. The number of aromatic nitrogens is 2. The predicted octanol–water partition coefficient (Wildman–Crippen LogP) is -0.0562. The van der Waals surface area contributed by atoms with Crippen LogP contribution in [0.3, 0.4) is 0 Å². The second kappa shape index (κ2) is 5.39. The van der Waals surface area contributed by atoms with Gasteiger partial charge in [-0.25, -0.2) is 4.98 Å². The molecule has 14 heavy (non-hydrogen) atoms. The number of carbonyl (C=O) groups is 1. The molecule has 0 aliphatic heterocycles. The van der Waals surface area contributed by atoms with E-state index in [0.29, 0.717) is 6.54 Å². The number of hydrogen-bond acceptors (Lipinski definition) is 3. The number of amides is 1. The first kappa shape index (κ1) is 10.7. The number of carbonyl (C=O) groups excluding carboxylic acids is 1. The molecule has 0 fully saturated rings. The average Bonchev–Trinajstić information content (AvgIpc) is 2.50. The maximum atomic E-state index is 10.5. The number of nitrogens with one attached hydrogen (secondary N) is 3. The van der Waals surface area contributed by atoms with Crippen molar-refractivity contribution in [1.29, 1.82) is 0 Å². The SMILES string of the molecule is CC(=O)NCCNCc1cnc(C)[nH]1. The lowest BCUT2D eigenvalue weighted by atomic mass is 10.4. The Hall–Kier alpha value is -1.36. The van der Waals surface area contributed by atoms with Crippen LogP contribution >= 0.6 is 0 Å². The molecule has 0 saturated carbocycles. The lowest BCUT2D eigenvalue weighted by Gasteiger charge is -2.03. The largest absolute Gasteiger partial charge is 0.355 e. The van der Waals surface area contributed by atoms with Crippen molar-refractivity contribution < 1.29 is 4.79 Å². The first-order valence-electron chi connectivity index (χ1n) is 4.64. The standard InChI is InChI=1S/C9H16N4O/c1-7-12-6-9(13-7)5-10-3-4-11-8(2)14/h6,10H,3-5H2,1-2H3,(H,11,14)(H,12,13). The summed E-state index contributed by atoms with van der Waals surface area (Å²) in [7, 11) is 0. The Labute approximate surface area is 83.3 Å². The molecule has 0 aliphatic carbocycles. The van der Waals surface area contributed by atoms with Gasteiger partial charge in [-0.2, -0.15) is 0 Å². The van der Waals surface area contributed by atoms with Gasteiger partial charge in [0.15, 0.2) is 0 Å². The summed E-state index contributed by atoms with van der Waals surface area (Å²) in [6.07, 6.45) is 1.81. The summed E-state index contributed by atoms with van der Waals surface area (Å²) in [6, 6.07) is 0. The van der Waals surface area contributed by atoms with E-state index >= 15 is 0 Å². The molecule has 5 nitrogen and oxygen atoms in total. The summed E-state index contributed by atoms with van der Waals surface area (Å²) >= 11 is 0. The molecule has 1 rings (SSSR count). The van der Waals surface area contributed by atoms with Gasteiger partial charge in [0.2, 0.25) is 5.91 Å². The lowest BCUT2D eigenvalue weighted by molar-refractivity contribution is -0.118. The molecule has 78 valence electrons. The van der Waals surface area contributed by atoms with Gasteiger partial charge >= 0.3 is 0 Å². The minimum Gasteiger partial charge on any atom is -0.355 e. The number of aromatic amines is 1. The van der Waals surface area contributed by atoms with E-state index in [4.69, 9.17) is 0 Å². The Morgan fingerprint density at radius 1 is 1.57 bits per heavy atom. The minimum absolute atomic E-state index is 0.00387. The number of aryl methyl sites for hydroxylation is 1. The fraction of sp³-hybridized carbons (Fsp3) is 0.556. The molecule has 0 saturated heterocycles. The minimum atomic E-state index is 0.00387. The predicted molar refractivity (Wildman–Crippen MR) is 53.7 cm³/mol. The van der Waals surface area contributed by atoms with E-state index in [-0.39, 0.29) is 5.91 Å². The van der Waals surface area contributed by atoms with E-state index in [1.807, 2.05) is 6.92 Å². The molecule has 0 aliphatic rings. The number of imidazole rings is 1. The fourth-order valence-electron chi connectivity index (χ4n) is 1.11. The molecule has 0 radical (unpaired) electrons. The highest BCUT2D eigenvalue weighted by Crippen LogP contribution is 1.93. The smallest absolute Gasteiger partial charge is 0.216 e. The van der Waals surface area contributed by atoms with E-state index in [1.54, 1.807) is 6.20 Å². The Bertz CT molecular complexity index is 295. The van der Waals surface area contributed by atoms with E-state index in [0.717, 1.165) is 24.6 Å². The quantitative estimate of drug-likeness (QED) is 0.578. The Morgan fingerprint density at radius 3 is 2.93 bits per heavy atom. The van der Waals surface area contributed by atoms with Crippen LogP contribution in [0.5, 0.6) is 0 Å². The molecule has 1 aromatic rings. The van der Waals surface area contributed by atoms with E-state index < -0.39 is 0 Å². The van der Waals surface area contributed by atoms with Crippen molar-refractivity contribution in [3.63, 3.8) is 0 Å². The highest BCUT2D eigenvalue weighted by molar-refractivity contribution is 5.72. The third kappa shape index (κ3) is 4.04. The van der Waals surface area contributed by atoms with Crippen LogP contribution < -0.4 is 10.6 Å². The van der Waals surface area contributed by atoms with Crippen LogP contribution in [0.4, 0.5) is 0 Å². The third-order valence-electron chi connectivity index (χ3n) is 1.75. The Balaban J connectivity index is 2.07. The van der Waals surface area contributed by atoms with E-state index in [1.165, 1.54) is 6.92 Å². The van der Waals surface area contributed by atoms with Gasteiger partial charge in [-0.3, -0.25) is 4.79 Å². The summed E-state index contributed by atoms with van der Waals surface area (Å²) in [4.78, 5) is 17.7. The summed E-state index contributed by atoms with van der Waals surface area (Å²) in [5.74, 6) is 0.924. The monoisotopic (exact) mass is 196 g/mol. The summed E-state index contributed by atoms with van der Waals surface area (Å²) in [5.41, 5.74) is 1.06. The van der Waals surface area contributed by atoms with Crippen LogP contribution in [0.25, 0.3) is 0 Å². The average molecular weight is 196 g/mol. The molecule has 0 bridgehead atoms. The lowest BCUT2D eigenvalue weighted by Crippen LogP contribution is -2.29. The van der Waals surface area contributed by atoms with Crippen molar-refractivity contribution in [1.82, 2.24) is 20.6 Å². The molecular weight excluding hydrogens is 180 g/mol. The zero-order chi connectivity index (χ0) is 10.4. The van der Waals surface area contributed by atoms with E-state index in [9.17, 15) is 4.79 Å². The molecular formula is C9H16N4O. The van der Waals surface area contributed by atoms with Gasteiger partial charge < -0.3 is 15.6 Å². The fourth-order valence-corrected chi connectivity index (χ4v) is 1.11. The maximum absolute atomic E-state index is 10.5. The number of rotatable bonds is 5. The van der Waals surface area contributed by atoms with Crippen LogP contribution in [-0.4, -0.2) is 29.0 Å². The van der Waals surface area contributed by atoms with Gasteiger partial charge in [0, 0.05) is 38.4 Å². The Morgan fingerprint density at radius 2 is 2.36 bits per heavy atom. The van der Waals surface area contributed by atoms with Crippen LogP contribution in [0, 0.1) is 6.92 Å². The van der Waals surface area contributed by atoms with Gasteiger partial charge in [0.25, 0.3) is 0 Å². The van der Waals surface area contributed by atoms with Crippen molar-refractivity contribution in [2.24, 2.45) is 0 Å². The van der Waals surface area contributed by atoms with Crippen molar-refractivity contribution >= 4 is 5.91 Å². The Kier molecular flexibility index (Phi) is 4.12. The molecule has 1 heterocycles. The topological polar surface area (TPSA) is 69.8 Å². The molecule has 0 atom stereocenters. The van der Waals surface area contributed by atoms with E-state index in [2.05, 4.69) is 20.6 Å². The molecule has 0 unspecified atom stereocenters. The second-order valence-corrected chi connectivity index (χ2v) is 3.15. The molecule has 5 heteroatoms. The highest BCUT2D eigenvalue weighted by atomic mass is 16.1. The molecule has 1 amide bonds. The maximum Gasteiger partial charge on any atom is 0.216 e. The molecule has 0 spiro atoms. The van der Waals surface area contributed by atoms with Crippen molar-refractivity contribution in [2.45, 2.75) is 20.4 Å². The normalized spacial score (nSPS) is 10.1. The van der Waals surface area contributed by atoms with Crippen LogP contribution in [-0.2, 0) is 11.3 Å². The van der Waals surface area contributed by atoms with Crippen molar-refractivity contribution in [3.8, 4) is 0 Å². The highest BCUT2D eigenvalue weighted by Gasteiger charge is 1.95. The molecule has 0 aromatic carbocycles. The van der Waals surface area contributed by atoms with Gasteiger partial charge in [-0.1, -0.05) is 0 Å². The van der Waals surface area contributed by atoms with Gasteiger partial charge in [0.1, 0.15) is 5.82 Å². The molecule has 3 N–H and O–H groups in total. The zero-order valence-corrected chi connectivity index (χ0v) is 8.55. The van der Waals surface area contributed by atoms with Crippen molar-refractivity contribution in [2.75, 3.05) is 13.1 Å². The zero-order valence-electron chi connectivity index (χ0n) is 8.55. The first-order valence-corrected chi connectivity index (χ1v) is 4.64. The second-order valence-electron chi connectivity index (χ2n) is 3.15. The van der Waals surface area contributed by atoms with Crippen LogP contribution in [0.15, 0.2) is 6.20 Å². The van der Waals surface area contributed by atoms with Gasteiger partial charge in [0.05, 0.1) is 0 Å². The number of nitrogens with zero attached hydrogens (tertiary/aromatic N) is 1. The summed E-state index contributed by atoms with van der Waals surface area (Å²) in [5, 5.41) is 5.89. The molecule has 1 aromatic heterocycles. The van der Waals surface area contributed by atoms with Crippen LogP contribution in [0.2, 0.25) is 0 Å². The van der Waals surface area contributed by atoms with Crippen molar-refractivity contribution in [3.05, 3.63) is 17.7 Å². The number of hydrogen-bond donors (Lipinski definition) is 3. The number of H-pyrrole nitrogens is 1.